The molecule has 2 aliphatic rings. The van der Waals surface area contributed by atoms with Crippen LogP contribution in [0.1, 0.15) is 25.3 Å². The second kappa shape index (κ2) is 5.86. The molecule has 0 spiro atoms. The van der Waals surface area contributed by atoms with Crippen LogP contribution in [-0.2, 0) is 9.47 Å². The highest BCUT2D eigenvalue weighted by molar-refractivity contribution is 6.42. The van der Waals surface area contributed by atoms with E-state index in [1.807, 2.05) is 0 Å². The van der Waals surface area contributed by atoms with E-state index in [0.717, 1.165) is 0 Å². The molecule has 8 heteroatoms. The fourth-order valence-electron chi connectivity index (χ4n) is 3.94. The van der Waals surface area contributed by atoms with Gasteiger partial charge in [0.25, 0.3) is 5.91 Å². The molecule has 1 heterocycles. The summed E-state index contributed by atoms with van der Waals surface area (Å²) < 4.78 is 11.5. The number of halogens is 2. The minimum Gasteiger partial charge on any atom is -0.386 e. The summed E-state index contributed by atoms with van der Waals surface area (Å²) >= 11 is 12.1. The number of nitrogens with zero attached hydrogens (tertiary/aromatic N) is 3. The Hall–Kier alpha value is -1.83. The van der Waals surface area contributed by atoms with E-state index in [9.17, 15) is 10.5 Å². The fourth-order valence-corrected chi connectivity index (χ4v) is 4.25. The maximum Gasteiger partial charge on any atom is 0.293 e. The Labute approximate surface area is 155 Å². The van der Waals surface area contributed by atoms with Gasteiger partial charge in [0.1, 0.15) is 11.3 Å². The van der Waals surface area contributed by atoms with Crippen LogP contribution in [-0.4, -0.2) is 25.0 Å². The van der Waals surface area contributed by atoms with Gasteiger partial charge in [-0.15, -0.1) is 0 Å². The maximum absolute atomic E-state index is 10.1. The first-order chi connectivity index (χ1) is 11.9. The van der Waals surface area contributed by atoms with Crippen molar-refractivity contribution in [2.45, 2.75) is 25.7 Å². The van der Waals surface area contributed by atoms with Crippen LogP contribution in [0.25, 0.3) is 0 Å². The van der Waals surface area contributed by atoms with Crippen molar-refractivity contribution in [3.8, 4) is 12.1 Å². The number of hydrogen-bond donors (Lipinski definition) is 1. The first-order valence-electron chi connectivity index (χ1n) is 7.81. The van der Waals surface area contributed by atoms with Crippen molar-refractivity contribution in [2.75, 3.05) is 13.2 Å². The van der Waals surface area contributed by atoms with Crippen molar-refractivity contribution in [2.24, 2.45) is 21.6 Å². The molecule has 0 saturated heterocycles. The third-order valence-corrected chi connectivity index (χ3v) is 5.62. The van der Waals surface area contributed by atoms with E-state index in [1.165, 1.54) is 0 Å². The third kappa shape index (κ3) is 1.94. The van der Waals surface area contributed by atoms with Gasteiger partial charge in [0.2, 0.25) is 0 Å². The van der Waals surface area contributed by atoms with Crippen molar-refractivity contribution in [1.29, 1.82) is 10.5 Å². The molecule has 1 aromatic carbocycles. The third-order valence-electron chi connectivity index (χ3n) is 4.88. The molecule has 3 unspecified atom stereocenters. The minimum absolute atomic E-state index is 0.0366. The molecule has 0 aromatic heterocycles. The lowest BCUT2D eigenvalue weighted by molar-refractivity contribution is -0.255. The maximum atomic E-state index is 10.1. The van der Waals surface area contributed by atoms with Crippen LogP contribution in [0.3, 0.4) is 0 Å². The van der Waals surface area contributed by atoms with Crippen LogP contribution in [0, 0.1) is 33.5 Å². The van der Waals surface area contributed by atoms with Crippen molar-refractivity contribution < 1.29 is 9.47 Å². The summed E-state index contributed by atoms with van der Waals surface area (Å²) in [7, 11) is 0. The van der Waals surface area contributed by atoms with Gasteiger partial charge in [-0.25, -0.2) is 4.99 Å². The lowest BCUT2D eigenvalue weighted by Gasteiger charge is -2.31. The lowest BCUT2D eigenvalue weighted by atomic mass is 9.93. The molecule has 1 aromatic rings. The van der Waals surface area contributed by atoms with Crippen molar-refractivity contribution in [1.82, 2.24) is 0 Å². The lowest BCUT2D eigenvalue weighted by Crippen LogP contribution is -2.43. The summed E-state index contributed by atoms with van der Waals surface area (Å²) in [4.78, 5) is 4.28. The van der Waals surface area contributed by atoms with E-state index in [-0.39, 0.29) is 19.0 Å². The summed E-state index contributed by atoms with van der Waals surface area (Å²) in [5.41, 5.74) is 4.06. The molecule has 0 bridgehead atoms. The quantitative estimate of drug-likeness (QED) is 0.791. The van der Waals surface area contributed by atoms with E-state index in [1.54, 1.807) is 32.0 Å². The van der Waals surface area contributed by atoms with E-state index in [4.69, 9.17) is 38.4 Å². The first kappa shape index (κ1) is 18.0. The Bertz CT molecular complexity index is 838. The minimum atomic E-state index is -1.62. The van der Waals surface area contributed by atoms with Crippen LogP contribution < -0.4 is 5.73 Å². The van der Waals surface area contributed by atoms with Crippen LogP contribution in [0.5, 0.6) is 0 Å². The number of aliphatic imine (C=N–C) groups is 1. The summed E-state index contributed by atoms with van der Waals surface area (Å²) in [5.74, 6) is -2.17. The molecule has 0 radical (unpaired) electrons. The number of hydrogen-bond acceptors (Lipinski definition) is 6. The molecule has 3 rings (SSSR count). The Morgan fingerprint density at radius 1 is 1.16 bits per heavy atom. The molecule has 2 N–H and O–H groups in total. The zero-order valence-electron chi connectivity index (χ0n) is 13.7. The van der Waals surface area contributed by atoms with Crippen molar-refractivity contribution >= 4 is 29.0 Å². The summed E-state index contributed by atoms with van der Waals surface area (Å²) in [6.45, 7) is 4.02. The van der Waals surface area contributed by atoms with Gasteiger partial charge in [-0.05, 0) is 31.5 Å². The Morgan fingerprint density at radius 2 is 1.80 bits per heavy atom. The van der Waals surface area contributed by atoms with Gasteiger partial charge in [-0.2, -0.15) is 10.5 Å². The highest BCUT2D eigenvalue weighted by Crippen LogP contribution is 2.82. The van der Waals surface area contributed by atoms with Crippen LogP contribution >= 0.6 is 23.2 Å². The number of ether oxygens (including phenoxy) is 2. The number of fused-ring (bicyclic) bond motifs is 1. The topological polar surface area (TPSA) is 104 Å². The molecule has 6 nitrogen and oxygen atoms in total. The molecule has 3 atom stereocenters. The zero-order chi connectivity index (χ0) is 18.5. The number of benzene rings is 1. The summed E-state index contributed by atoms with van der Waals surface area (Å²) in [5, 5.41) is 20.7. The predicted octanol–water partition coefficient (Wildman–Crippen LogP) is 3.21. The standard InChI is InChI=1S/C17H16Cl2N4O2/c1-3-24-17(25-4-2)16(9-21)13(15(16,8-20)14(22)23-17)10-5-6-11(18)12(19)7-10/h5-7,13H,3-4H2,1-2H3,(H2,22,23). The predicted molar refractivity (Wildman–Crippen MR) is 92.9 cm³/mol. The van der Waals surface area contributed by atoms with E-state index in [0.29, 0.717) is 15.6 Å². The van der Waals surface area contributed by atoms with Gasteiger partial charge < -0.3 is 15.2 Å². The van der Waals surface area contributed by atoms with Crippen LogP contribution in [0.2, 0.25) is 10.0 Å². The molecule has 130 valence electrons. The monoisotopic (exact) mass is 378 g/mol. The molecule has 0 amide bonds. The number of nitriles is 2. The fraction of sp³-hybridized carbons (Fsp3) is 0.471. The van der Waals surface area contributed by atoms with Crippen molar-refractivity contribution in [3.05, 3.63) is 33.8 Å². The molecular formula is C17H16Cl2N4O2. The van der Waals surface area contributed by atoms with Crippen LogP contribution in [0.15, 0.2) is 23.2 Å². The van der Waals surface area contributed by atoms with Gasteiger partial charge in [-0.3, -0.25) is 0 Å². The van der Waals surface area contributed by atoms with E-state index < -0.39 is 22.7 Å². The highest BCUT2D eigenvalue weighted by atomic mass is 35.5. The Kier molecular flexibility index (Phi) is 4.21. The Balaban J connectivity index is 2.23. The number of amidine groups is 1. The SMILES string of the molecule is CCOC1(OCC)N=C(N)C2(C#N)C(c3ccc(Cl)c(Cl)c3)C12C#N. The highest BCUT2D eigenvalue weighted by Gasteiger charge is 2.93. The first-order valence-corrected chi connectivity index (χ1v) is 8.57. The summed E-state index contributed by atoms with van der Waals surface area (Å²) in [6, 6.07) is 9.42. The van der Waals surface area contributed by atoms with Gasteiger partial charge in [0.15, 0.2) is 5.41 Å². The second-order valence-corrected chi connectivity index (χ2v) is 6.71. The average molecular weight is 379 g/mol. The molecule has 1 saturated carbocycles. The van der Waals surface area contributed by atoms with E-state index in [2.05, 4.69) is 17.1 Å². The molecule has 1 aliphatic heterocycles. The molecule has 25 heavy (non-hydrogen) atoms. The van der Waals surface area contributed by atoms with Gasteiger partial charge in [-0.1, -0.05) is 29.3 Å². The van der Waals surface area contributed by atoms with Crippen LogP contribution in [0.4, 0.5) is 0 Å². The van der Waals surface area contributed by atoms with E-state index >= 15 is 0 Å². The molecule has 1 aliphatic carbocycles. The Morgan fingerprint density at radius 3 is 2.28 bits per heavy atom. The summed E-state index contributed by atoms with van der Waals surface area (Å²) in [6.07, 6.45) is 0. The smallest absolute Gasteiger partial charge is 0.293 e. The number of nitrogens with two attached hydrogens (primary N) is 1. The molecule has 1 fully saturated rings. The second-order valence-electron chi connectivity index (χ2n) is 5.89. The largest absolute Gasteiger partial charge is 0.386 e. The van der Waals surface area contributed by atoms with Gasteiger partial charge in [0, 0.05) is 19.1 Å². The average Bonchev–Trinajstić information content (AvgIpc) is 3.16. The molecular weight excluding hydrogens is 363 g/mol. The van der Waals surface area contributed by atoms with Gasteiger partial charge in [0.05, 0.1) is 22.2 Å². The normalized spacial score (nSPS) is 31.6. The van der Waals surface area contributed by atoms with Crippen molar-refractivity contribution in [3.63, 3.8) is 0 Å². The number of rotatable bonds is 5. The van der Waals surface area contributed by atoms with Gasteiger partial charge >= 0.3 is 0 Å². The zero-order valence-corrected chi connectivity index (χ0v) is 15.2.